The Labute approximate surface area is 176 Å². The minimum absolute atomic E-state index is 0.229. The molecule has 0 unspecified atom stereocenters. The lowest BCUT2D eigenvalue weighted by atomic mass is 10.1. The number of nitrogens with one attached hydrogen (secondary N) is 1. The predicted molar refractivity (Wildman–Crippen MR) is 120 cm³/mol. The fourth-order valence-corrected chi connectivity index (χ4v) is 3.68. The van der Waals surface area contributed by atoms with Gasteiger partial charge >= 0.3 is 0 Å². The Morgan fingerprint density at radius 3 is 2.77 bits per heavy atom. The molecule has 1 fully saturated rings. The number of rotatable bonds is 6. The van der Waals surface area contributed by atoms with Gasteiger partial charge in [0.1, 0.15) is 12.1 Å². The van der Waals surface area contributed by atoms with Gasteiger partial charge in [-0.25, -0.2) is 9.97 Å². The zero-order chi connectivity index (χ0) is 20.9. The number of hydrogen-bond acceptors (Lipinski definition) is 6. The van der Waals surface area contributed by atoms with Crippen LogP contribution in [0.1, 0.15) is 11.1 Å². The first-order valence-corrected chi connectivity index (χ1v) is 10.1. The number of carbonyl (C=O) groups excluding carboxylic acids is 1. The van der Waals surface area contributed by atoms with E-state index in [0.29, 0.717) is 18.8 Å². The third-order valence-electron chi connectivity index (χ3n) is 5.39. The number of terminal acetylenes is 1. The summed E-state index contributed by atoms with van der Waals surface area (Å²) in [7, 11) is 2.12. The first-order chi connectivity index (χ1) is 14.6. The van der Waals surface area contributed by atoms with E-state index in [-0.39, 0.29) is 5.78 Å². The van der Waals surface area contributed by atoms with Gasteiger partial charge in [-0.15, -0.1) is 6.42 Å². The van der Waals surface area contributed by atoms with Gasteiger partial charge in [0.15, 0.2) is 5.78 Å². The van der Waals surface area contributed by atoms with Crippen molar-refractivity contribution in [2.45, 2.75) is 6.42 Å². The van der Waals surface area contributed by atoms with Crippen LogP contribution in [0.2, 0.25) is 0 Å². The molecule has 1 N–H and O–H groups in total. The van der Waals surface area contributed by atoms with Crippen LogP contribution in [-0.2, 0) is 11.2 Å². The molecule has 30 heavy (non-hydrogen) atoms. The Hall–Kier alpha value is -3.27. The number of aromatic nitrogens is 2. The molecule has 1 saturated heterocycles. The molecular formula is C24H25N5O. The van der Waals surface area contributed by atoms with E-state index in [9.17, 15) is 4.79 Å². The number of piperazine rings is 1. The van der Waals surface area contributed by atoms with Gasteiger partial charge in [-0.05, 0) is 42.9 Å². The van der Waals surface area contributed by atoms with Crippen molar-refractivity contribution < 1.29 is 4.79 Å². The van der Waals surface area contributed by atoms with Crippen LogP contribution in [0.3, 0.4) is 0 Å². The highest BCUT2D eigenvalue weighted by atomic mass is 16.1. The maximum atomic E-state index is 12.6. The third kappa shape index (κ3) is 4.82. The highest BCUT2D eigenvalue weighted by Crippen LogP contribution is 2.24. The summed E-state index contributed by atoms with van der Waals surface area (Å²) in [6, 6.07) is 13.6. The molecule has 6 nitrogen and oxygen atoms in total. The molecule has 0 aliphatic carbocycles. The Morgan fingerprint density at radius 2 is 1.97 bits per heavy atom. The number of hydrogen-bond donors (Lipinski definition) is 1. The standard InChI is InChI=1S/C24H25N5O/c1-3-18-5-4-6-20(13-18)27-24-22-15-19(7-8-23(22)25-17-26-24)14-21(30)16-29-11-9-28(2)10-12-29/h1,4-8,13,15,17H,9-12,14,16H2,2H3,(H,25,26,27). The van der Waals surface area contributed by atoms with Crippen LogP contribution < -0.4 is 5.32 Å². The Bertz CT molecular complexity index is 1100. The molecule has 2 heterocycles. The molecule has 4 rings (SSSR count). The van der Waals surface area contributed by atoms with Crippen LogP contribution >= 0.6 is 0 Å². The average Bonchev–Trinajstić information content (AvgIpc) is 2.76. The van der Waals surface area contributed by atoms with Gasteiger partial charge in [0, 0.05) is 49.2 Å². The van der Waals surface area contributed by atoms with Crippen molar-refractivity contribution in [2.24, 2.45) is 0 Å². The zero-order valence-electron chi connectivity index (χ0n) is 17.1. The minimum Gasteiger partial charge on any atom is -0.340 e. The molecule has 0 radical (unpaired) electrons. The van der Waals surface area contributed by atoms with Crippen LogP contribution in [-0.4, -0.2) is 65.3 Å². The second-order valence-corrected chi connectivity index (χ2v) is 7.72. The smallest absolute Gasteiger partial charge is 0.151 e. The van der Waals surface area contributed by atoms with Crippen molar-refractivity contribution in [3.63, 3.8) is 0 Å². The lowest BCUT2D eigenvalue weighted by Gasteiger charge is -2.31. The average molecular weight is 399 g/mol. The number of likely N-dealkylation sites (N-methyl/N-ethyl adjacent to an activating group) is 1. The van der Waals surface area contributed by atoms with Crippen LogP contribution in [0.4, 0.5) is 11.5 Å². The normalized spacial score (nSPS) is 15.1. The molecule has 0 spiro atoms. The number of carbonyl (C=O) groups is 1. The van der Waals surface area contributed by atoms with Gasteiger partial charge in [0.25, 0.3) is 0 Å². The van der Waals surface area contributed by atoms with Gasteiger partial charge in [0.05, 0.1) is 12.1 Å². The summed E-state index contributed by atoms with van der Waals surface area (Å²) in [6.07, 6.45) is 7.44. The van der Waals surface area contributed by atoms with E-state index in [1.165, 1.54) is 6.33 Å². The quantitative estimate of drug-likeness (QED) is 0.643. The maximum Gasteiger partial charge on any atom is 0.151 e. The third-order valence-corrected chi connectivity index (χ3v) is 5.39. The van der Waals surface area contributed by atoms with Crippen molar-refractivity contribution in [1.29, 1.82) is 0 Å². The van der Waals surface area contributed by atoms with E-state index in [4.69, 9.17) is 6.42 Å². The molecule has 0 saturated carbocycles. The summed E-state index contributed by atoms with van der Waals surface area (Å²) in [5.74, 6) is 3.57. The van der Waals surface area contributed by atoms with E-state index in [2.05, 4.69) is 38.1 Å². The number of fused-ring (bicyclic) bond motifs is 1. The van der Waals surface area contributed by atoms with E-state index >= 15 is 0 Å². The number of Topliss-reactive ketones (excluding diaryl/α,β-unsaturated/α-hetero) is 1. The summed E-state index contributed by atoms with van der Waals surface area (Å²) in [5.41, 5.74) is 3.46. The zero-order valence-corrected chi connectivity index (χ0v) is 17.1. The molecule has 6 heteroatoms. The number of ketones is 1. The molecule has 152 valence electrons. The van der Waals surface area contributed by atoms with Crippen molar-refractivity contribution in [1.82, 2.24) is 19.8 Å². The van der Waals surface area contributed by atoms with E-state index in [1.807, 2.05) is 42.5 Å². The van der Waals surface area contributed by atoms with Crippen molar-refractivity contribution in [3.05, 3.63) is 59.9 Å². The molecular weight excluding hydrogens is 374 g/mol. The van der Waals surface area contributed by atoms with Crippen LogP contribution in [0.25, 0.3) is 10.9 Å². The van der Waals surface area contributed by atoms with Crippen molar-refractivity contribution in [2.75, 3.05) is 45.1 Å². The fraction of sp³-hybridized carbons (Fsp3) is 0.292. The summed E-state index contributed by atoms with van der Waals surface area (Å²) in [4.78, 5) is 25.9. The SMILES string of the molecule is C#Cc1cccc(Nc2ncnc3ccc(CC(=O)CN4CCN(C)CC4)cc23)c1. The minimum atomic E-state index is 0.229. The molecule has 0 atom stereocenters. The van der Waals surface area contributed by atoms with Crippen molar-refractivity contribution in [3.8, 4) is 12.3 Å². The largest absolute Gasteiger partial charge is 0.340 e. The molecule has 1 aliphatic rings. The Balaban J connectivity index is 1.51. The first kappa shape index (κ1) is 20.0. The van der Waals surface area contributed by atoms with E-state index in [1.54, 1.807) is 0 Å². The Morgan fingerprint density at radius 1 is 1.13 bits per heavy atom. The van der Waals surface area contributed by atoms with Gasteiger partial charge in [-0.2, -0.15) is 0 Å². The van der Waals surface area contributed by atoms with Gasteiger partial charge in [-0.1, -0.05) is 18.1 Å². The molecule has 2 aromatic carbocycles. The molecule has 0 amide bonds. The monoisotopic (exact) mass is 399 g/mol. The second-order valence-electron chi connectivity index (χ2n) is 7.72. The Kier molecular flexibility index (Phi) is 6.03. The van der Waals surface area contributed by atoms with Gasteiger partial charge in [0.2, 0.25) is 0 Å². The molecule has 1 aliphatic heterocycles. The number of benzene rings is 2. The lowest BCUT2D eigenvalue weighted by molar-refractivity contribution is -0.119. The lowest BCUT2D eigenvalue weighted by Crippen LogP contribution is -2.46. The van der Waals surface area contributed by atoms with Crippen molar-refractivity contribution >= 4 is 28.2 Å². The topological polar surface area (TPSA) is 61.4 Å². The van der Waals surface area contributed by atoms with Crippen LogP contribution in [0.5, 0.6) is 0 Å². The summed E-state index contributed by atoms with van der Waals surface area (Å²) >= 11 is 0. The summed E-state index contributed by atoms with van der Waals surface area (Å²) in [6.45, 7) is 4.41. The maximum absolute atomic E-state index is 12.6. The highest BCUT2D eigenvalue weighted by molar-refractivity contribution is 5.92. The molecule has 0 bridgehead atoms. The fourth-order valence-electron chi connectivity index (χ4n) is 3.68. The van der Waals surface area contributed by atoms with E-state index in [0.717, 1.165) is 53.9 Å². The number of nitrogens with zero attached hydrogens (tertiary/aromatic N) is 4. The summed E-state index contributed by atoms with van der Waals surface area (Å²) in [5, 5.41) is 4.21. The van der Waals surface area contributed by atoms with Crippen LogP contribution in [0, 0.1) is 12.3 Å². The molecule has 3 aromatic rings. The second kappa shape index (κ2) is 9.04. The van der Waals surface area contributed by atoms with E-state index < -0.39 is 0 Å². The van der Waals surface area contributed by atoms with Gasteiger partial charge in [-0.3, -0.25) is 9.69 Å². The van der Waals surface area contributed by atoms with Gasteiger partial charge < -0.3 is 10.2 Å². The molecule has 1 aromatic heterocycles. The first-order valence-electron chi connectivity index (χ1n) is 10.1. The summed E-state index contributed by atoms with van der Waals surface area (Å²) < 4.78 is 0. The highest BCUT2D eigenvalue weighted by Gasteiger charge is 2.17. The predicted octanol–water partition coefficient (Wildman–Crippen LogP) is 2.71. The number of anilines is 2. The van der Waals surface area contributed by atoms with Crippen LogP contribution in [0.15, 0.2) is 48.8 Å².